The molecule has 1 aliphatic heterocycles. The van der Waals surface area contributed by atoms with Crippen molar-refractivity contribution in [2.45, 2.75) is 39.5 Å². The van der Waals surface area contributed by atoms with Gasteiger partial charge in [0.05, 0.1) is 0 Å². The summed E-state index contributed by atoms with van der Waals surface area (Å²) in [6.07, 6.45) is 5.25. The Labute approximate surface area is 179 Å². The molecule has 28 heavy (non-hydrogen) atoms. The highest BCUT2D eigenvalue weighted by atomic mass is 35.5. The second-order valence-corrected chi connectivity index (χ2v) is 7.59. The van der Waals surface area contributed by atoms with Gasteiger partial charge in [0, 0.05) is 35.6 Å². The number of likely N-dealkylation sites (tertiary alicyclic amines) is 1. The van der Waals surface area contributed by atoms with Crippen molar-refractivity contribution in [2.75, 3.05) is 42.9 Å². The lowest BCUT2D eigenvalue weighted by Crippen LogP contribution is -2.33. The molecule has 1 aliphatic rings. The number of nitrogens with zero attached hydrogens (tertiary/aromatic N) is 4. The molecule has 0 unspecified atom stereocenters. The van der Waals surface area contributed by atoms with Crippen molar-refractivity contribution < 1.29 is 0 Å². The number of hydrogen-bond donors (Lipinski definition) is 1. The van der Waals surface area contributed by atoms with E-state index in [1.807, 2.05) is 31.2 Å². The first-order valence-electron chi connectivity index (χ1n) is 9.99. The maximum absolute atomic E-state index is 5.96. The monoisotopic (exact) mass is 423 g/mol. The van der Waals surface area contributed by atoms with Gasteiger partial charge in [-0.1, -0.05) is 18.0 Å². The molecule has 3 rings (SSSR count). The average Bonchev–Trinajstić information content (AvgIpc) is 2.67. The third-order valence-electron chi connectivity index (χ3n) is 5.00. The molecular formula is C21H31Cl2N5. The van der Waals surface area contributed by atoms with E-state index in [2.05, 4.69) is 33.1 Å². The second-order valence-electron chi connectivity index (χ2n) is 7.16. The van der Waals surface area contributed by atoms with Crippen LogP contribution in [-0.2, 0) is 0 Å². The highest BCUT2D eigenvalue weighted by Crippen LogP contribution is 2.20. The molecule has 0 amide bonds. The van der Waals surface area contributed by atoms with Crippen molar-refractivity contribution in [3.05, 3.63) is 41.0 Å². The first kappa shape index (κ1) is 22.7. The summed E-state index contributed by atoms with van der Waals surface area (Å²) in [5, 5.41) is 4.00. The molecular weight excluding hydrogens is 393 g/mol. The van der Waals surface area contributed by atoms with Crippen molar-refractivity contribution in [3.8, 4) is 0 Å². The zero-order valence-electron chi connectivity index (χ0n) is 16.8. The molecule has 0 spiro atoms. The van der Waals surface area contributed by atoms with Gasteiger partial charge in [0.2, 0.25) is 5.95 Å². The Bertz CT molecular complexity index is 717. The summed E-state index contributed by atoms with van der Waals surface area (Å²) in [6, 6.07) is 9.66. The minimum atomic E-state index is 0. The van der Waals surface area contributed by atoms with Gasteiger partial charge in [0.25, 0.3) is 0 Å². The van der Waals surface area contributed by atoms with Crippen LogP contribution in [0.2, 0.25) is 5.02 Å². The second kappa shape index (κ2) is 11.4. The Morgan fingerprint density at radius 2 is 1.82 bits per heavy atom. The Kier molecular flexibility index (Phi) is 9.29. The van der Waals surface area contributed by atoms with Crippen LogP contribution in [0.15, 0.2) is 30.3 Å². The van der Waals surface area contributed by atoms with Gasteiger partial charge in [0.15, 0.2) is 0 Å². The summed E-state index contributed by atoms with van der Waals surface area (Å²) in [4.78, 5) is 14.2. The average molecular weight is 424 g/mol. The van der Waals surface area contributed by atoms with Gasteiger partial charge in [-0.05, 0) is 77.0 Å². The molecule has 1 N–H and O–H groups in total. The number of aromatic nitrogens is 2. The van der Waals surface area contributed by atoms with Crippen molar-refractivity contribution in [2.24, 2.45) is 0 Å². The molecule has 2 aromatic rings. The predicted molar refractivity (Wildman–Crippen MR) is 122 cm³/mol. The number of nitrogens with one attached hydrogen (secondary N) is 1. The molecule has 5 nitrogen and oxygen atoms in total. The zero-order chi connectivity index (χ0) is 19.1. The lowest BCUT2D eigenvalue weighted by atomic mass is 10.1. The SMILES string of the molecule is CCN(CCCN1CCCCC1)c1cc(C)nc(Nc2ccc(Cl)cc2)n1.Cl. The van der Waals surface area contributed by atoms with E-state index in [9.17, 15) is 0 Å². The molecule has 1 fully saturated rings. The summed E-state index contributed by atoms with van der Waals surface area (Å²) in [7, 11) is 0. The molecule has 1 aromatic heterocycles. The standard InChI is InChI=1S/C21H30ClN5.ClH/c1-3-27(15-7-14-26-12-5-4-6-13-26)20-16-17(2)23-21(25-20)24-19-10-8-18(22)9-11-19;/h8-11,16H,3-7,12-15H2,1-2H3,(H,23,24,25);1H. The van der Waals surface area contributed by atoms with E-state index in [-0.39, 0.29) is 12.4 Å². The Balaban J connectivity index is 0.00000280. The van der Waals surface area contributed by atoms with Gasteiger partial charge in [-0.15, -0.1) is 12.4 Å². The molecule has 7 heteroatoms. The lowest BCUT2D eigenvalue weighted by Gasteiger charge is -2.28. The number of aryl methyl sites for hydroxylation is 1. The molecule has 0 atom stereocenters. The van der Waals surface area contributed by atoms with Crippen LogP contribution in [0.3, 0.4) is 0 Å². The number of anilines is 3. The minimum Gasteiger partial charge on any atom is -0.357 e. The molecule has 1 saturated heterocycles. The van der Waals surface area contributed by atoms with Gasteiger partial charge >= 0.3 is 0 Å². The molecule has 0 radical (unpaired) electrons. The zero-order valence-corrected chi connectivity index (χ0v) is 18.4. The van der Waals surface area contributed by atoms with Gasteiger partial charge in [0.1, 0.15) is 5.82 Å². The van der Waals surface area contributed by atoms with Crippen molar-refractivity contribution in [1.29, 1.82) is 0 Å². The van der Waals surface area contributed by atoms with Crippen LogP contribution >= 0.6 is 24.0 Å². The summed E-state index contributed by atoms with van der Waals surface area (Å²) >= 11 is 5.96. The van der Waals surface area contributed by atoms with Crippen molar-refractivity contribution >= 4 is 41.5 Å². The number of rotatable bonds is 8. The largest absolute Gasteiger partial charge is 0.357 e. The highest BCUT2D eigenvalue weighted by Gasteiger charge is 2.12. The Morgan fingerprint density at radius 3 is 2.50 bits per heavy atom. The van der Waals surface area contributed by atoms with Crippen LogP contribution < -0.4 is 10.2 Å². The summed E-state index contributed by atoms with van der Waals surface area (Å²) in [6.45, 7) is 9.85. The number of benzene rings is 1. The molecule has 0 saturated carbocycles. The fourth-order valence-corrected chi connectivity index (χ4v) is 3.66. The van der Waals surface area contributed by atoms with Crippen LogP contribution in [0.4, 0.5) is 17.5 Å². The van der Waals surface area contributed by atoms with Crippen LogP contribution in [0.5, 0.6) is 0 Å². The molecule has 154 valence electrons. The van der Waals surface area contributed by atoms with Crippen LogP contribution in [0.25, 0.3) is 0 Å². The van der Waals surface area contributed by atoms with Crippen molar-refractivity contribution in [3.63, 3.8) is 0 Å². The number of halogens is 2. The summed E-state index contributed by atoms with van der Waals surface area (Å²) in [5.74, 6) is 1.61. The quantitative estimate of drug-likeness (QED) is 0.623. The summed E-state index contributed by atoms with van der Waals surface area (Å²) < 4.78 is 0. The first-order chi connectivity index (χ1) is 13.1. The first-order valence-corrected chi connectivity index (χ1v) is 10.4. The van der Waals surface area contributed by atoms with Crippen LogP contribution in [-0.4, -0.2) is 47.6 Å². The maximum atomic E-state index is 5.96. The predicted octanol–water partition coefficient (Wildman–Crippen LogP) is 5.31. The lowest BCUT2D eigenvalue weighted by molar-refractivity contribution is 0.227. The van der Waals surface area contributed by atoms with E-state index in [1.165, 1.54) is 38.9 Å². The molecule has 0 bridgehead atoms. The Morgan fingerprint density at radius 1 is 1.11 bits per heavy atom. The maximum Gasteiger partial charge on any atom is 0.229 e. The van der Waals surface area contributed by atoms with Crippen molar-refractivity contribution in [1.82, 2.24) is 14.9 Å². The van der Waals surface area contributed by atoms with Crippen LogP contribution in [0, 0.1) is 6.92 Å². The van der Waals surface area contributed by atoms with E-state index >= 15 is 0 Å². The van der Waals surface area contributed by atoms with E-state index in [1.54, 1.807) is 0 Å². The van der Waals surface area contributed by atoms with Gasteiger partial charge in [-0.3, -0.25) is 0 Å². The number of hydrogen-bond acceptors (Lipinski definition) is 5. The highest BCUT2D eigenvalue weighted by molar-refractivity contribution is 6.30. The molecule has 0 aliphatic carbocycles. The fourth-order valence-electron chi connectivity index (χ4n) is 3.53. The molecule has 2 heterocycles. The third-order valence-corrected chi connectivity index (χ3v) is 5.25. The minimum absolute atomic E-state index is 0. The molecule has 1 aromatic carbocycles. The summed E-state index contributed by atoms with van der Waals surface area (Å²) in [5.41, 5.74) is 1.90. The smallest absolute Gasteiger partial charge is 0.229 e. The van der Waals surface area contributed by atoms with E-state index in [4.69, 9.17) is 16.6 Å². The van der Waals surface area contributed by atoms with E-state index in [0.29, 0.717) is 5.95 Å². The van der Waals surface area contributed by atoms with Crippen LogP contribution in [0.1, 0.15) is 38.3 Å². The fraction of sp³-hybridized carbons (Fsp3) is 0.524. The van der Waals surface area contributed by atoms with E-state index in [0.717, 1.165) is 41.7 Å². The third kappa shape index (κ3) is 6.80. The van der Waals surface area contributed by atoms with Gasteiger partial charge < -0.3 is 15.1 Å². The normalized spacial score (nSPS) is 14.4. The van der Waals surface area contributed by atoms with E-state index < -0.39 is 0 Å². The number of piperidine rings is 1. The topological polar surface area (TPSA) is 44.3 Å². The Hall–Kier alpha value is -1.56. The van der Waals surface area contributed by atoms with Gasteiger partial charge in [-0.25, -0.2) is 4.98 Å². The van der Waals surface area contributed by atoms with Gasteiger partial charge in [-0.2, -0.15) is 4.98 Å².